The van der Waals surface area contributed by atoms with Crippen molar-refractivity contribution in [3.63, 3.8) is 0 Å². The summed E-state index contributed by atoms with van der Waals surface area (Å²) < 4.78 is 0. The van der Waals surface area contributed by atoms with Crippen molar-refractivity contribution < 1.29 is 4.79 Å². The first-order valence-electron chi connectivity index (χ1n) is 3.49. The van der Waals surface area contributed by atoms with Gasteiger partial charge in [0.2, 0.25) is 5.91 Å². The molecule has 0 radical (unpaired) electrons. The van der Waals surface area contributed by atoms with Gasteiger partial charge in [-0.2, -0.15) is 0 Å². The largest absolute Gasteiger partial charge is 0.349 e. The van der Waals surface area contributed by atoms with Crippen molar-refractivity contribution in [2.24, 2.45) is 5.73 Å². The molecule has 0 fully saturated rings. The van der Waals surface area contributed by atoms with Crippen LogP contribution in [0.25, 0.3) is 0 Å². The molecule has 1 amide bonds. The van der Waals surface area contributed by atoms with Crippen LogP contribution in [-0.2, 0) is 4.79 Å². The van der Waals surface area contributed by atoms with E-state index in [1.807, 2.05) is 6.92 Å². The monoisotopic (exact) mass is 144 g/mol. The van der Waals surface area contributed by atoms with Crippen molar-refractivity contribution in [1.82, 2.24) is 4.90 Å². The zero-order valence-corrected chi connectivity index (χ0v) is 6.92. The van der Waals surface area contributed by atoms with Crippen LogP contribution in [0.4, 0.5) is 0 Å². The summed E-state index contributed by atoms with van der Waals surface area (Å²) in [5.74, 6) is 0.150. The Morgan fingerprint density at radius 2 is 2.10 bits per heavy atom. The Labute approximate surface area is 62.2 Å². The number of amides is 1. The number of nitrogens with two attached hydrogens (primary N) is 1. The van der Waals surface area contributed by atoms with Crippen molar-refractivity contribution in [2.75, 3.05) is 14.1 Å². The predicted octanol–water partition coefficient (Wildman–Crippen LogP) is 0.202. The van der Waals surface area contributed by atoms with E-state index in [-0.39, 0.29) is 11.9 Å². The molecule has 3 nitrogen and oxygen atoms in total. The number of carbonyl (C=O) groups is 1. The maximum Gasteiger partial charge on any atom is 0.222 e. The second-order valence-electron chi connectivity index (χ2n) is 2.80. The molecule has 3 heteroatoms. The summed E-state index contributed by atoms with van der Waals surface area (Å²) in [5.41, 5.74) is 5.47. The Hall–Kier alpha value is -0.570. The van der Waals surface area contributed by atoms with Crippen molar-refractivity contribution in [1.29, 1.82) is 0 Å². The third kappa shape index (κ3) is 4.32. The van der Waals surface area contributed by atoms with Crippen LogP contribution in [0.3, 0.4) is 0 Å². The molecule has 0 aromatic rings. The summed E-state index contributed by atoms with van der Waals surface area (Å²) in [7, 11) is 3.51. The van der Waals surface area contributed by atoms with E-state index in [1.54, 1.807) is 19.0 Å². The minimum Gasteiger partial charge on any atom is -0.349 e. The molecule has 1 atom stereocenters. The van der Waals surface area contributed by atoms with E-state index < -0.39 is 0 Å². The van der Waals surface area contributed by atoms with Crippen LogP contribution >= 0.6 is 0 Å². The fourth-order valence-electron chi connectivity index (χ4n) is 0.575. The van der Waals surface area contributed by atoms with Crippen molar-refractivity contribution in [2.45, 2.75) is 25.8 Å². The van der Waals surface area contributed by atoms with Gasteiger partial charge in [-0.15, -0.1) is 0 Å². The topological polar surface area (TPSA) is 46.3 Å². The molecule has 0 aromatic carbocycles. The second kappa shape index (κ2) is 4.28. The zero-order chi connectivity index (χ0) is 8.15. The lowest BCUT2D eigenvalue weighted by Crippen LogP contribution is -2.24. The molecule has 0 saturated heterocycles. The summed E-state index contributed by atoms with van der Waals surface area (Å²) in [5, 5.41) is 0. The van der Waals surface area contributed by atoms with E-state index in [0.717, 1.165) is 6.42 Å². The van der Waals surface area contributed by atoms with Crippen LogP contribution in [0.1, 0.15) is 19.8 Å². The number of carbonyl (C=O) groups excluding carboxylic acids is 1. The van der Waals surface area contributed by atoms with Crippen LogP contribution in [0.15, 0.2) is 0 Å². The average Bonchev–Trinajstić information content (AvgIpc) is 1.82. The molecule has 0 rings (SSSR count). The minimum atomic E-state index is 0.129. The van der Waals surface area contributed by atoms with Gasteiger partial charge in [-0.25, -0.2) is 0 Å². The summed E-state index contributed by atoms with van der Waals surface area (Å²) >= 11 is 0. The molecule has 10 heavy (non-hydrogen) atoms. The van der Waals surface area contributed by atoms with E-state index in [0.29, 0.717) is 6.42 Å². The molecular formula is C7H16N2O. The highest BCUT2D eigenvalue weighted by molar-refractivity contribution is 5.75. The first-order valence-corrected chi connectivity index (χ1v) is 3.49. The Kier molecular flexibility index (Phi) is 4.03. The molecule has 60 valence electrons. The summed E-state index contributed by atoms with van der Waals surface area (Å²) in [6.45, 7) is 1.91. The molecule has 1 unspecified atom stereocenters. The normalized spacial score (nSPS) is 12.8. The Balaban J connectivity index is 3.40. The third-order valence-electron chi connectivity index (χ3n) is 1.31. The lowest BCUT2D eigenvalue weighted by molar-refractivity contribution is -0.128. The lowest BCUT2D eigenvalue weighted by atomic mass is 10.2. The van der Waals surface area contributed by atoms with Gasteiger partial charge < -0.3 is 10.6 Å². The fraction of sp³-hybridized carbons (Fsp3) is 0.857. The standard InChI is InChI=1S/C7H16N2O/c1-6(8)4-5-7(10)9(2)3/h6H,4-5,8H2,1-3H3. The van der Waals surface area contributed by atoms with Gasteiger partial charge in [0.25, 0.3) is 0 Å². The van der Waals surface area contributed by atoms with Crippen LogP contribution < -0.4 is 5.73 Å². The number of hydrogen-bond donors (Lipinski definition) is 1. The Morgan fingerprint density at radius 1 is 1.60 bits per heavy atom. The Morgan fingerprint density at radius 3 is 2.40 bits per heavy atom. The molecule has 0 heterocycles. The summed E-state index contributed by atoms with van der Waals surface area (Å²) in [6.07, 6.45) is 1.34. The quantitative estimate of drug-likeness (QED) is 0.615. The summed E-state index contributed by atoms with van der Waals surface area (Å²) in [6, 6.07) is 0.129. The van der Waals surface area contributed by atoms with Gasteiger partial charge in [-0.05, 0) is 13.3 Å². The van der Waals surface area contributed by atoms with Gasteiger partial charge in [-0.1, -0.05) is 0 Å². The van der Waals surface area contributed by atoms with Crippen LogP contribution in [-0.4, -0.2) is 30.9 Å². The molecule has 0 saturated carbocycles. The average molecular weight is 144 g/mol. The van der Waals surface area contributed by atoms with Crippen molar-refractivity contribution >= 4 is 5.91 Å². The van der Waals surface area contributed by atoms with Crippen LogP contribution in [0.5, 0.6) is 0 Å². The number of rotatable bonds is 3. The van der Waals surface area contributed by atoms with E-state index >= 15 is 0 Å². The third-order valence-corrected chi connectivity index (χ3v) is 1.31. The molecule has 0 bridgehead atoms. The van der Waals surface area contributed by atoms with Gasteiger partial charge in [0.15, 0.2) is 0 Å². The van der Waals surface area contributed by atoms with Gasteiger partial charge in [0, 0.05) is 26.6 Å². The lowest BCUT2D eigenvalue weighted by Gasteiger charge is -2.10. The maximum absolute atomic E-state index is 10.9. The van der Waals surface area contributed by atoms with Crippen molar-refractivity contribution in [3.8, 4) is 0 Å². The predicted molar refractivity (Wildman–Crippen MR) is 41.6 cm³/mol. The number of hydrogen-bond acceptors (Lipinski definition) is 2. The summed E-state index contributed by atoms with van der Waals surface area (Å²) in [4.78, 5) is 12.5. The smallest absolute Gasteiger partial charge is 0.222 e. The minimum absolute atomic E-state index is 0.129. The highest BCUT2D eigenvalue weighted by Crippen LogP contribution is 1.95. The Bertz CT molecular complexity index is 110. The van der Waals surface area contributed by atoms with Gasteiger partial charge in [-0.3, -0.25) is 4.79 Å². The number of nitrogens with zero attached hydrogens (tertiary/aromatic N) is 1. The van der Waals surface area contributed by atoms with E-state index in [1.165, 1.54) is 0 Å². The highest BCUT2D eigenvalue weighted by atomic mass is 16.2. The maximum atomic E-state index is 10.9. The first kappa shape index (κ1) is 9.43. The molecule has 0 spiro atoms. The molecule has 0 aromatic heterocycles. The van der Waals surface area contributed by atoms with Crippen LogP contribution in [0.2, 0.25) is 0 Å². The SMILES string of the molecule is CC(N)CCC(=O)N(C)C. The molecule has 0 aliphatic carbocycles. The second-order valence-corrected chi connectivity index (χ2v) is 2.80. The van der Waals surface area contributed by atoms with Gasteiger partial charge >= 0.3 is 0 Å². The van der Waals surface area contributed by atoms with E-state index in [9.17, 15) is 4.79 Å². The highest BCUT2D eigenvalue weighted by Gasteiger charge is 2.04. The molecule has 0 aliphatic heterocycles. The van der Waals surface area contributed by atoms with Gasteiger partial charge in [0.1, 0.15) is 0 Å². The zero-order valence-electron chi connectivity index (χ0n) is 6.92. The first-order chi connectivity index (χ1) is 4.54. The van der Waals surface area contributed by atoms with E-state index in [4.69, 9.17) is 5.73 Å². The molecule has 2 N–H and O–H groups in total. The molecular weight excluding hydrogens is 128 g/mol. The van der Waals surface area contributed by atoms with E-state index in [2.05, 4.69) is 0 Å². The van der Waals surface area contributed by atoms with Gasteiger partial charge in [0.05, 0.1) is 0 Å². The van der Waals surface area contributed by atoms with Crippen LogP contribution in [0, 0.1) is 0 Å². The van der Waals surface area contributed by atoms with Crippen molar-refractivity contribution in [3.05, 3.63) is 0 Å². The fourth-order valence-corrected chi connectivity index (χ4v) is 0.575. The molecule has 0 aliphatic rings.